The maximum absolute atomic E-state index is 13.4. The number of carbonyl (C=O) groups is 1. The predicted molar refractivity (Wildman–Crippen MR) is 82.0 cm³/mol. The Labute approximate surface area is 132 Å². The summed E-state index contributed by atoms with van der Waals surface area (Å²) in [6.45, 7) is 1.85. The van der Waals surface area contributed by atoms with Crippen LogP contribution in [0.4, 0.5) is 4.39 Å². The third kappa shape index (κ3) is 3.49. The maximum atomic E-state index is 13.4. The Kier molecular flexibility index (Phi) is 4.88. The molecule has 2 aromatic rings. The lowest BCUT2D eigenvalue weighted by Crippen LogP contribution is -2.22. The molecule has 0 saturated heterocycles. The van der Waals surface area contributed by atoms with Gasteiger partial charge in [0.1, 0.15) is 5.82 Å². The molecule has 1 amide bonds. The molecule has 0 aliphatic heterocycles. The van der Waals surface area contributed by atoms with Crippen molar-refractivity contribution in [3.8, 4) is 11.5 Å². The second-order valence-corrected chi connectivity index (χ2v) is 5.18. The molecule has 0 atom stereocenters. The van der Waals surface area contributed by atoms with Crippen LogP contribution in [0.5, 0.6) is 11.5 Å². The van der Waals surface area contributed by atoms with Gasteiger partial charge in [0.05, 0.1) is 12.1 Å². The Morgan fingerprint density at radius 2 is 2.09 bits per heavy atom. The highest BCUT2D eigenvalue weighted by atomic mass is 35.5. The molecular formula is C16H15ClFNO3. The number of amides is 1. The highest BCUT2D eigenvalue weighted by Gasteiger charge is 2.14. The third-order valence-electron chi connectivity index (χ3n) is 3.20. The van der Waals surface area contributed by atoms with Crippen molar-refractivity contribution >= 4 is 17.5 Å². The van der Waals surface area contributed by atoms with Crippen molar-refractivity contribution in [1.29, 1.82) is 0 Å². The van der Waals surface area contributed by atoms with Gasteiger partial charge >= 0.3 is 0 Å². The van der Waals surface area contributed by atoms with E-state index in [0.717, 1.165) is 0 Å². The second kappa shape index (κ2) is 6.66. The lowest BCUT2D eigenvalue weighted by Gasteiger charge is -2.10. The molecule has 2 aromatic carbocycles. The Morgan fingerprint density at radius 3 is 2.73 bits per heavy atom. The number of ether oxygens (including phenoxy) is 1. The van der Waals surface area contributed by atoms with Gasteiger partial charge in [0.15, 0.2) is 11.5 Å². The minimum Gasteiger partial charge on any atom is -0.503 e. The fourth-order valence-electron chi connectivity index (χ4n) is 1.89. The average Bonchev–Trinajstić information content (AvgIpc) is 2.50. The number of nitrogens with one attached hydrogen (secondary N) is 1. The fourth-order valence-corrected chi connectivity index (χ4v) is 2.10. The zero-order chi connectivity index (χ0) is 16.3. The molecule has 0 aliphatic rings. The zero-order valence-electron chi connectivity index (χ0n) is 12.1. The van der Waals surface area contributed by atoms with E-state index in [-0.39, 0.29) is 34.4 Å². The summed E-state index contributed by atoms with van der Waals surface area (Å²) in [7, 11) is 1.36. The van der Waals surface area contributed by atoms with Gasteiger partial charge in [-0.3, -0.25) is 4.79 Å². The number of rotatable bonds is 4. The number of methoxy groups -OCH3 is 1. The van der Waals surface area contributed by atoms with Crippen LogP contribution in [0.2, 0.25) is 5.02 Å². The van der Waals surface area contributed by atoms with Crippen LogP contribution in [0.1, 0.15) is 21.5 Å². The van der Waals surface area contributed by atoms with Crippen LogP contribution in [-0.4, -0.2) is 18.1 Å². The van der Waals surface area contributed by atoms with Crippen LogP contribution >= 0.6 is 11.6 Å². The van der Waals surface area contributed by atoms with E-state index in [0.29, 0.717) is 11.1 Å². The largest absolute Gasteiger partial charge is 0.503 e. The van der Waals surface area contributed by atoms with Gasteiger partial charge in [0, 0.05) is 12.1 Å². The van der Waals surface area contributed by atoms with E-state index >= 15 is 0 Å². The van der Waals surface area contributed by atoms with Gasteiger partial charge < -0.3 is 15.2 Å². The number of aromatic hydroxyl groups is 1. The number of phenols is 1. The maximum Gasteiger partial charge on any atom is 0.251 e. The monoisotopic (exact) mass is 323 g/mol. The zero-order valence-corrected chi connectivity index (χ0v) is 12.9. The molecule has 0 aromatic heterocycles. The van der Waals surface area contributed by atoms with E-state index in [4.69, 9.17) is 16.3 Å². The van der Waals surface area contributed by atoms with Crippen LogP contribution in [0.3, 0.4) is 0 Å². The first-order chi connectivity index (χ1) is 10.4. The topological polar surface area (TPSA) is 58.6 Å². The van der Waals surface area contributed by atoms with Gasteiger partial charge in [-0.05, 0) is 36.2 Å². The summed E-state index contributed by atoms with van der Waals surface area (Å²) < 4.78 is 18.4. The molecule has 2 N–H and O–H groups in total. The van der Waals surface area contributed by atoms with Crippen molar-refractivity contribution < 1.29 is 19.0 Å². The number of carbonyl (C=O) groups excluding carboxylic acids is 1. The van der Waals surface area contributed by atoms with E-state index in [1.54, 1.807) is 19.1 Å². The molecule has 2 rings (SSSR count). The number of hydrogen-bond acceptors (Lipinski definition) is 3. The molecule has 0 unspecified atom stereocenters. The van der Waals surface area contributed by atoms with Crippen LogP contribution in [0.25, 0.3) is 0 Å². The Hall–Kier alpha value is -2.27. The van der Waals surface area contributed by atoms with Crippen molar-refractivity contribution in [1.82, 2.24) is 5.32 Å². The summed E-state index contributed by atoms with van der Waals surface area (Å²) in [5, 5.41) is 12.3. The van der Waals surface area contributed by atoms with Gasteiger partial charge in [-0.1, -0.05) is 23.7 Å². The number of benzene rings is 2. The molecule has 6 heteroatoms. The lowest BCUT2D eigenvalue weighted by molar-refractivity contribution is 0.0950. The highest BCUT2D eigenvalue weighted by Crippen LogP contribution is 2.34. The van der Waals surface area contributed by atoms with E-state index in [1.165, 1.54) is 25.3 Å². The summed E-state index contributed by atoms with van der Waals surface area (Å²) in [6, 6.07) is 7.48. The van der Waals surface area contributed by atoms with E-state index in [2.05, 4.69) is 5.32 Å². The van der Waals surface area contributed by atoms with Gasteiger partial charge in [-0.25, -0.2) is 4.39 Å². The van der Waals surface area contributed by atoms with Crippen LogP contribution in [0.15, 0.2) is 30.3 Å². The minimum absolute atomic E-state index is 0.0193. The summed E-state index contributed by atoms with van der Waals surface area (Å²) >= 11 is 5.84. The predicted octanol–water partition coefficient (Wildman–Crippen LogP) is 3.43. The van der Waals surface area contributed by atoms with E-state index < -0.39 is 5.91 Å². The first-order valence-corrected chi connectivity index (χ1v) is 6.90. The summed E-state index contributed by atoms with van der Waals surface area (Å²) in [5.41, 5.74) is 1.44. The van der Waals surface area contributed by atoms with Gasteiger partial charge in [-0.2, -0.15) is 0 Å². The van der Waals surface area contributed by atoms with Crippen molar-refractivity contribution in [2.45, 2.75) is 13.5 Å². The number of halogens is 2. The molecule has 0 aliphatic carbocycles. The van der Waals surface area contributed by atoms with E-state index in [9.17, 15) is 14.3 Å². The van der Waals surface area contributed by atoms with Crippen molar-refractivity contribution in [3.63, 3.8) is 0 Å². The average molecular weight is 324 g/mol. The van der Waals surface area contributed by atoms with E-state index in [1.807, 2.05) is 0 Å². The second-order valence-electron chi connectivity index (χ2n) is 4.78. The molecular weight excluding hydrogens is 309 g/mol. The molecule has 0 fully saturated rings. The Morgan fingerprint density at radius 1 is 1.36 bits per heavy atom. The highest BCUT2D eigenvalue weighted by molar-refractivity contribution is 6.32. The SMILES string of the molecule is COc1cc(C(=O)NCc2ccc(C)c(F)c2)cc(Cl)c1O. The van der Waals surface area contributed by atoms with Crippen LogP contribution in [0, 0.1) is 12.7 Å². The lowest BCUT2D eigenvalue weighted by atomic mass is 10.1. The molecule has 22 heavy (non-hydrogen) atoms. The fraction of sp³-hybridized carbons (Fsp3) is 0.188. The van der Waals surface area contributed by atoms with Gasteiger partial charge in [0.25, 0.3) is 5.91 Å². The number of aryl methyl sites for hydroxylation is 1. The first kappa shape index (κ1) is 16.1. The molecule has 0 bridgehead atoms. The molecule has 4 nitrogen and oxygen atoms in total. The molecule has 0 spiro atoms. The summed E-state index contributed by atoms with van der Waals surface area (Å²) in [5.74, 6) is -0.831. The first-order valence-electron chi connectivity index (χ1n) is 6.52. The molecule has 0 radical (unpaired) electrons. The molecule has 116 valence electrons. The Balaban J connectivity index is 2.12. The summed E-state index contributed by atoms with van der Waals surface area (Å²) in [4.78, 5) is 12.1. The quantitative estimate of drug-likeness (QED) is 0.906. The number of hydrogen-bond donors (Lipinski definition) is 2. The van der Waals surface area contributed by atoms with Crippen molar-refractivity contribution in [2.75, 3.05) is 7.11 Å². The Bertz CT molecular complexity index is 719. The van der Waals surface area contributed by atoms with Gasteiger partial charge in [0.2, 0.25) is 0 Å². The molecule has 0 saturated carbocycles. The standard InChI is InChI=1S/C16H15ClFNO3/c1-9-3-4-10(5-13(9)18)8-19-16(21)11-6-12(17)15(20)14(7-11)22-2/h3-7,20H,8H2,1-2H3,(H,19,21). The van der Waals surface area contributed by atoms with Crippen molar-refractivity contribution in [2.24, 2.45) is 0 Å². The normalized spacial score (nSPS) is 10.4. The van der Waals surface area contributed by atoms with Crippen molar-refractivity contribution in [3.05, 3.63) is 57.9 Å². The third-order valence-corrected chi connectivity index (χ3v) is 3.49. The number of phenolic OH excluding ortho intramolecular Hbond substituents is 1. The minimum atomic E-state index is -0.402. The van der Waals surface area contributed by atoms with Crippen LogP contribution < -0.4 is 10.1 Å². The smallest absolute Gasteiger partial charge is 0.251 e. The molecule has 0 heterocycles. The van der Waals surface area contributed by atoms with Gasteiger partial charge in [-0.15, -0.1) is 0 Å². The van der Waals surface area contributed by atoms with Crippen LogP contribution in [-0.2, 0) is 6.54 Å². The summed E-state index contributed by atoms with van der Waals surface area (Å²) in [6.07, 6.45) is 0.